The van der Waals surface area contributed by atoms with Crippen LogP contribution in [0.4, 0.5) is 4.79 Å². The van der Waals surface area contributed by atoms with Crippen LogP contribution in [0.2, 0.25) is 0 Å². The van der Waals surface area contributed by atoms with Gasteiger partial charge in [0.05, 0.1) is 11.8 Å². The Morgan fingerprint density at radius 1 is 1.14 bits per heavy atom. The number of sulfonamides is 1. The Morgan fingerprint density at radius 3 is 2.55 bits per heavy atom. The summed E-state index contributed by atoms with van der Waals surface area (Å²) in [4.78, 5) is 61.5. The van der Waals surface area contributed by atoms with Crippen molar-refractivity contribution in [2.75, 3.05) is 6.54 Å². The molecule has 1 aromatic heterocycles. The van der Waals surface area contributed by atoms with Gasteiger partial charge in [-0.25, -0.2) is 18.2 Å². The molecule has 1 saturated heterocycles. The molecule has 13 nitrogen and oxygen atoms in total. The quantitative estimate of drug-likeness (QED) is 0.374. The Bertz CT molecular complexity index is 1850. The average Bonchev–Trinajstić information content (AvgIpc) is 3.97. The number of pyridine rings is 1. The highest BCUT2D eigenvalue weighted by atomic mass is 32.2. The molecule has 3 fully saturated rings. The SMILES string of the molecule is C=C[C@@H]1CC1(NC(=O)[C@@H]1C[C@@H]2CN1C(=O)[C@H](C(C)(C)C)NC(=O)OC(C)(C)CCCCc1ccc3ccnc(c3c1)O2)C(=O)NS(=O)(=O)C1CC1. The number of aromatic nitrogens is 1. The average molecular weight is 724 g/mol. The molecule has 1 aromatic carbocycles. The van der Waals surface area contributed by atoms with Crippen molar-refractivity contribution in [3.05, 3.63) is 48.7 Å². The third kappa shape index (κ3) is 7.85. The van der Waals surface area contributed by atoms with Gasteiger partial charge in [0.15, 0.2) is 0 Å². The van der Waals surface area contributed by atoms with Gasteiger partial charge in [0.25, 0.3) is 5.91 Å². The number of cyclic esters (lactones) is 1. The zero-order valence-electron chi connectivity index (χ0n) is 30.0. The Labute approximate surface area is 299 Å². The molecule has 4 amide bonds. The molecule has 4 bridgehead atoms. The fraction of sp³-hybridized carbons (Fsp3) is 0.595. The highest BCUT2D eigenvalue weighted by Crippen LogP contribution is 2.45. The number of amides is 4. The van der Waals surface area contributed by atoms with Crippen molar-refractivity contribution in [2.45, 2.75) is 121 Å². The highest BCUT2D eigenvalue weighted by molar-refractivity contribution is 7.91. The summed E-state index contributed by atoms with van der Waals surface area (Å²) in [6.07, 6.45) is 5.97. The smallest absolute Gasteiger partial charge is 0.408 e. The summed E-state index contributed by atoms with van der Waals surface area (Å²) in [5, 5.41) is 6.70. The molecule has 4 aliphatic rings. The Morgan fingerprint density at radius 2 is 1.88 bits per heavy atom. The molecular weight excluding hydrogens is 675 g/mol. The van der Waals surface area contributed by atoms with Crippen LogP contribution < -0.4 is 20.1 Å². The zero-order valence-corrected chi connectivity index (χ0v) is 30.8. The first-order valence-corrected chi connectivity index (χ1v) is 19.3. The monoisotopic (exact) mass is 723 g/mol. The maximum atomic E-state index is 14.5. The lowest BCUT2D eigenvalue weighted by Gasteiger charge is -2.36. The van der Waals surface area contributed by atoms with Crippen LogP contribution in [0.1, 0.15) is 85.1 Å². The zero-order chi connectivity index (χ0) is 36.9. The van der Waals surface area contributed by atoms with Gasteiger partial charge in [-0.05, 0) is 87.3 Å². The van der Waals surface area contributed by atoms with E-state index in [2.05, 4.69) is 33.0 Å². The van der Waals surface area contributed by atoms with E-state index in [1.54, 1.807) is 6.20 Å². The topological polar surface area (TPSA) is 173 Å². The van der Waals surface area contributed by atoms with Crippen LogP contribution in [0, 0.1) is 11.3 Å². The van der Waals surface area contributed by atoms with E-state index in [9.17, 15) is 27.6 Å². The summed E-state index contributed by atoms with van der Waals surface area (Å²) >= 11 is 0. The molecule has 0 radical (unpaired) electrons. The van der Waals surface area contributed by atoms with Crippen LogP contribution in [0.3, 0.4) is 0 Å². The predicted octanol–water partition coefficient (Wildman–Crippen LogP) is 3.90. The Balaban J connectivity index is 1.34. The maximum absolute atomic E-state index is 14.5. The van der Waals surface area contributed by atoms with Crippen molar-refractivity contribution >= 4 is 44.6 Å². The van der Waals surface area contributed by atoms with Gasteiger partial charge in [0.1, 0.15) is 29.3 Å². The highest BCUT2D eigenvalue weighted by Gasteiger charge is 2.62. The lowest BCUT2D eigenvalue weighted by Crippen LogP contribution is -2.60. The molecule has 51 heavy (non-hydrogen) atoms. The van der Waals surface area contributed by atoms with Crippen LogP contribution in [0.5, 0.6) is 5.88 Å². The molecule has 14 heteroatoms. The van der Waals surface area contributed by atoms with Gasteiger partial charge >= 0.3 is 6.09 Å². The fourth-order valence-electron chi connectivity index (χ4n) is 7.13. The number of hydrogen-bond donors (Lipinski definition) is 3. The Kier molecular flexibility index (Phi) is 9.62. The number of nitrogens with zero attached hydrogens (tertiary/aromatic N) is 2. The molecule has 2 aliphatic carbocycles. The minimum atomic E-state index is -3.89. The van der Waals surface area contributed by atoms with Crippen LogP contribution in [-0.4, -0.2) is 83.2 Å². The van der Waals surface area contributed by atoms with Crippen LogP contribution in [0.25, 0.3) is 10.8 Å². The van der Waals surface area contributed by atoms with Gasteiger partial charge < -0.3 is 25.0 Å². The third-order valence-corrected chi connectivity index (χ3v) is 12.2. The number of carbonyl (C=O) groups is 4. The van der Waals surface area contributed by atoms with Crippen molar-refractivity contribution in [1.29, 1.82) is 0 Å². The first-order valence-electron chi connectivity index (χ1n) is 17.8. The number of rotatable bonds is 6. The lowest BCUT2D eigenvalue weighted by molar-refractivity contribution is -0.143. The predicted molar refractivity (Wildman–Crippen MR) is 190 cm³/mol. The number of hydrogen-bond acceptors (Lipinski definition) is 9. The van der Waals surface area contributed by atoms with E-state index in [0.717, 1.165) is 35.6 Å². The minimum Gasteiger partial charge on any atom is -0.472 e. The van der Waals surface area contributed by atoms with Crippen LogP contribution in [0.15, 0.2) is 43.1 Å². The summed E-state index contributed by atoms with van der Waals surface area (Å²) in [5.41, 5.74) is -2.03. The van der Waals surface area contributed by atoms with Gasteiger partial charge in [-0.15, -0.1) is 6.58 Å². The number of aryl methyl sites for hydroxylation is 1. The molecule has 1 unspecified atom stereocenters. The standard InChI is InChI=1S/C37H49N5O8S/c1-7-24-20-37(24,33(45)41-51(47,48)26-13-14-26)40-30(43)28-19-25-21-42(28)32(44)29(35(2,3)4)39-34(46)50-36(5,6)16-9-8-10-22-11-12-23-15-17-38-31(49-25)27(23)18-22/h7,11-12,15,17-18,24-26,28-29H,1,8-10,13-14,16,19-21H2,2-6H3,(H,39,46)(H,40,43)(H,41,45)/t24-,25-,28+,29-,37?/m1/s1. The second kappa shape index (κ2) is 13.4. The van der Waals surface area contributed by atoms with Crippen LogP contribution >= 0.6 is 0 Å². The second-order valence-corrected chi connectivity index (χ2v) is 18.1. The minimum absolute atomic E-state index is 0.0103. The number of benzene rings is 1. The van der Waals surface area contributed by atoms with E-state index in [1.165, 1.54) is 11.0 Å². The van der Waals surface area contributed by atoms with Crippen molar-refractivity contribution in [3.8, 4) is 5.88 Å². The number of ether oxygens (including phenoxy) is 2. The number of nitrogens with one attached hydrogen (secondary N) is 3. The number of fused-ring (bicyclic) bond motifs is 3. The first-order chi connectivity index (χ1) is 23.9. The summed E-state index contributed by atoms with van der Waals surface area (Å²) in [6.45, 7) is 12.9. The van der Waals surface area contributed by atoms with Crippen LogP contribution in [-0.2, 0) is 35.6 Å². The molecule has 5 atom stereocenters. The van der Waals surface area contributed by atoms with E-state index in [-0.39, 0.29) is 19.4 Å². The first kappa shape index (κ1) is 36.6. The van der Waals surface area contributed by atoms with Gasteiger partial charge in [-0.1, -0.05) is 39.0 Å². The summed E-state index contributed by atoms with van der Waals surface area (Å²) in [5.74, 6) is -2.13. The third-order valence-electron chi connectivity index (χ3n) is 10.4. The van der Waals surface area contributed by atoms with Gasteiger partial charge in [-0.3, -0.25) is 19.1 Å². The van der Waals surface area contributed by atoms with Crippen molar-refractivity contribution in [1.82, 2.24) is 25.2 Å². The normalized spacial score (nSPS) is 28.5. The van der Waals surface area contributed by atoms with E-state index < -0.39 is 79.7 Å². The molecular formula is C37H49N5O8S. The molecule has 3 heterocycles. The number of carbonyl (C=O) groups excluding carboxylic acids is 4. The Hall–Kier alpha value is -4.20. The maximum Gasteiger partial charge on any atom is 0.408 e. The summed E-state index contributed by atoms with van der Waals surface area (Å²) in [7, 11) is -3.89. The largest absolute Gasteiger partial charge is 0.472 e. The van der Waals surface area contributed by atoms with E-state index in [0.29, 0.717) is 25.1 Å². The molecule has 276 valence electrons. The van der Waals surface area contributed by atoms with Gasteiger partial charge in [0.2, 0.25) is 27.7 Å². The molecule has 2 aliphatic heterocycles. The van der Waals surface area contributed by atoms with E-state index in [4.69, 9.17) is 9.47 Å². The second-order valence-electron chi connectivity index (χ2n) is 16.1. The van der Waals surface area contributed by atoms with E-state index >= 15 is 0 Å². The van der Waals surface area contributed by atoms with Gasteiger partial charge in [-0.2, -0.15) is 0 Å². The lowest BCUT2D eigenvalue weighted by atomic mass is 9.85. The summed E-state index contributed by atoms with van der Waals surface area (Å²) < 4.78 is 39.8. The molecule has 2 aromatic rings. The van der Waals surface area contributed by atoms with Gasteiger partial charge in [0, 0.05) is 23.9 Å². The molecule has 2 saturated carbocycles. The summed E-state index contributed by atoms with van der Waals surface area (Å²) in [6, 6.07) is 5.82. The molecule has 0 spiro atoms. The fourth-order valence-corrected chi connectivity index (χ4v) is 8.50. The van der Waals surface area contributed by atoms with Crippen molar-refractivity contribution in [2.24, 2.45) is 11.3 Å². The van der Waals surface area contributed by atoms with E-state index in [1.807, 2.05) is 52.8 Å². The molecule has 6 rings (SSSR count). The van der Waals surface area contributed by atoms with Crippen molar-refractivity contribution < 1.29 is 37.1 Å². The van der Waals surface area contributed by atoms with Crippen molar-refractivity contribution in [3.63, 3.8) is 0 Å². The number of alkyl carbamates (subject to hydrolysis) is 1. The molecule has 3 N–H and O–H groups in total.